The summed E-state index contributed by atoms with van der Waals surface area (Å²) in [5, 5.41) is 26.8. The molecule has 2 unspecified atom stereocenters. The van der Waals surface area contributed by atoms with Crippen LogP contribution in [0.4, 0.5) is 0 Å². The fourth-order valence-electron chi connectivity index (χ4n) is 4.92. The van der Waals surface area contributed by atoms with Gasteiger partial charge in [-0.05, 0) is 36.0 Å². The molecule has 0 spiro atoms. The summed E-state index contributed by atoms with van der Waals surface area (Å²) in [5.74, 6) is -1.89. The van der Waals surface area contributed by atoms with Crippen LogP contribution in [0.3, 0.4) is 0 Å². The number of hydrogen-bond donors (Lipinski definition) is 3. The molecule has 2 saturated heterocycles. The Morgan fingerprint density at radius 3 is 2.24 bits per heavy atom. The number of azo groups is 1. The summed E-state index contributed by atoms with van der Waals surface area (Å²) in [7, 11) is 0. The number of nitrogens with one attached hydrogen (secondary N) is 1. The number of carboxylic acid groups (broad SMARTS) is 2. The van der Waals surface area contributed by atoms with Gasteiger partial charge in [-0.1, -0.05) is 54.6 Å². The molecule has 0 aromatic heterocycles. The summed E-state index contributed by atoms with van der Waals surface area (Å²) in [4.78, 5) is 29.9. The van der Waals surface area contributed by atoms with Crippen LogP contribution in [-0.4, -0.2) is 65.0 Å². The summed E-state index contributed by atoms with van der Waals surface area (Å²) >= 11 is 0. The quantitative estimate of drug-likeness (QED) is 0.369. The largest absolute Gasteiger partial charge is 0.480 e. The third-order valence-electron chi connectivity index (χ3n) is 6.93. The van der Waals surface area contributed by atoms with Gasteiger partial charge in [-0.2, -0.15) is 15.7 Å². The van der Waals surface area contributed by atoms with E-state index >= 15 is 0 Å². The molecule has 198 valence electrons. The Bertz CT molecular complexity index is 1050. The van der Waals surface area contributed by atoms with Gasteiger partial charge in [-0.15, -0.1) is 0 Å². The van der Waals surface area contributed by atoms with Gasteiger partial charge in [-0.3, -0.25) is 14.5 Å². The molecule has 4 rings (SSSR count). The third-order valence-corrected chi connectivity index (χ3v) is 6.93. The number of benzene rings is 2. The summed E-state index contributed by atoms with van der Waals surface area (Å²) in [6.45, 7) is 1.76. The van der Waals surface area contributed by atoms with Crippen LogP contribution in [0.1, 0.15) is 48.4 Å². The number of ether oxygens (including phenoxy) is 1. The molecular formula is C27H34N4O6. The first-order valence-corrected chi connectivity index (χ1v) is 12.6. The monoisotopic (exact) mass is 510 g/mol. The van der Waals surface area contributed by atoms with Crippen molar-refractivity contribution in [3.8, 4) is 0 Å². The van der Waals surface area contributed by atoms with Crippen molar-refractivity contribution in [2.24, 2.45) is 10.2 Å². The Morgan fingerprint density at radius 2 is 1.62 bits per heavy atom. The number of aliphatic carboxylic acids is 2. The van der Waals surface area contributed by atoms with Gasteiger partial charge in [0, 0.05) is 19.5 Å². The lowest BCUT2D eigenvalue weighted by molar-refractivity contribution is -0.159. The summed E-state index contributed by atoms with van der Waals surface area (Å²) in [6, 6.07) is 18.2. The maximum atomic E-state index is 11.2. The van der Waals surface area contributed by atoms with Gasteiger partial charge in [0.15, 0.2) is 0 Å². The molecule has 0 aliphatic carbocycles. The highest BCUT2D eigenvalue weighted by Gasteiger charge is 2.41. The molecule has 3 N–H and O–H groups in total. The minimum atomic E-state index is -1.02. The molecule has 2 aromatic rings. The number of carboxylic acids is 2. The van der Waals surface area contributed by atoms with E-state index in [0.29, 0.717) is 45.4 Å². The van der Waals surface area contributed by atoms with Crippen LogP contribution >= 0.6 is 0 Å². The first-order valence-electron chi connectivity index (χ1n) is 12.6. The molecule has 10 heteroatoms. The van der Waals surface area contributed by atoms with E-state index in [1.165, 1.54) is 0 Å². The average Bonchev–Trinajstić information content (AvgIpc) is 3.36. The van der Waals surface area contributed by atoms with Gasteiger partial charge in [-0.25, -0.2) is 4.79 Å². The molecule has 0 radical (unpaired) electrons. The van der Waals surface area contributed by atoms with Crippen LogP contribution in [0.5, 0.6) is 0 Å². The molecule has 0 amide bonds. The summed E-state index contributed by atoms with van der Waals surface area (Å²) in [5.41, 5.74) is 5.77. The number of rotatable bonds is 12. The van der Waals surface area contributed by atoms with Crippen molar-refractivity contribution in [1.29, 1.82) is 0 Å². The molecule has 37 heavy (non-hydrogen) atoms. The number of nitrogens with zero attached hydrogens (tertiary/aromatic N) is 3. The first kappa shape index (κ1) is 26.9. The molecule has 2 fully saturated rings. The van der Waals surface area contributed by atoms with Crippen LogP contribution in [0, 0.1) is 0 Å². The second kappa shape index (κ2) is 12.9. The van der Waals surface area contributed by atoms with E-state index in [2.05, 4.69) is 27.8 Å². The molecule has 2 aliphatic rings. The van der Waals surface area contributed by atoms with Gasteiger partial charge in [0.25, 0.3) is 0 Å². The normalized spacial score (nSPS) is 21.8. The number of hydrogen-bond acceptors (Lipinski definition) is 8. The minimum absolute atomic E-state index is 0.0161. The molecule has 10 nitrogen and oxygen atoms in total. The molecule has 2 heterocycles. The third kappa shape index (κ3) is 8.16. The van der Waals surface area contributed by atoms with E-state index in [-0.39, 0.29) is 25.3 Å². The van der Waals surface area contributed by atoms with Crippen molar-refractivity contribution >= 4 is 11.9 Å². The molecule has 0 bridgehead atoms. The molecule has 2 aromatic carbocycles. The minimum Gasteiger partial charge on any atom is -0.480 e. The smallest absolute Gasteiger partial charge is 0.329 e. The topological polar surface area (TPSA) is 133 Å². The number of carbonyl (C=O) groups is 2. The van der Waals surface area contributed by atoms with Crippen molar-refractivity contribution in [1.82, 2.24) is 10.4 Å². The number of likely N-dealkylation sites (tertiary alicyclic amines) is 1. The standard InChI is InChI=1S/C27H34N4O6/c32-25(33)18-31-12-10-27(11-13-31,36-19-26(34)35)15-23-14-24(30-37-23)22-8-6-21(7-9-22)17-29-28-16-20-4-2-1-3-5-20/h1-9,23-24,30H,10-19H2,(H,32,33)(H,34,35). The fourth-order valence-corrected chi connectivity index (χ4v) is 4.92. The van der Waals surface area contributed by atoms with E-state index in [9.17, 15) is 9.59 Å². The Hall–Kier alpha value is -3.18. The maximum Gasteiger partial charge on any atom is 0.329 e. The highest BCUT2D eigenvalue weighted by atomic mass is 16.7. The maximum absolute atomic E-state index is 11.2. The van der Waals surface area contributed by atoms with Crippen LogP contribution in [0.2, 0.25) is 0 Å². The van der Waals surface area contributed by atoms with E-state index in [1.807, 2.05) is 47.4 Å². The van der Waals surface area contributed by atoms with Gasteiger partial charge < -0.3 is 14.9 Å². The number of piperidine rings is 1. The van der Waals surface area contributed by atoms with Crippen LogP contribution in [-0.2, 0) is 32.3 Å². The first-order chi connectivity index (χ1) is 17.9. The Morgan fingerprint density at radius 1 is 0.973 bits per heavy atom. The van der Waals surface area contributed by atoms with Gasteiger partial charge in [0.05, 0.1) is 37.4 Å². The highest BCUT2D eigenvalue weighted by molar-refractivity contribution is 5.69. The summed E-state index contributed by atoms with van der Waals surface area (Å²) in [6.07, 6.45) is 2.26. The van der Waals surface area contributed by atoms with Crippen LogP contribution in [0.15, 0.2) is 64.8 Å². The lowest BCUT2D eigenvalue weighted by Crippen LogP contribution is -2.49. The second-order valence-electron chi connectivity index (χ2n) is 9.71. The Kier molecular flexibility index (Phi) is 9.34. The van der Waals surface area contributed by atoms with Gasteiger partial charge in [0.2, 0.25) is 0 Å². The zero-order valence-corrected chi connectivity index (χ0v) is 20.8. The van der Waals surface area contributed by atoms with E-state index in [1.54, 1.807) is 0 Å². The summed E-state index contributed by atoms with van der Waals surface area (Å²) < 4.78 is 5.88. The Balaban J connectivity index is 1.28. The fraction of sp³-hybridized carbons (Fsp3) is 0.481. The van der Waals surface area contributed by atoms with Crippen molar-refractivity contribution < 1.29 is 29.4 Å². The second-order valence-corrected chi connectivity index (χ2v) is 9.71. The van der Waals surface area contributed by atoms with E-state index < -0.39 is 17.5 Å². The highest BCUT2D eigenvalue weighted by Crippen LogP contribution is 2.36. The van der Waals surface area contributed by atoms with Gasteiger partial charge in [0.1, 0.15) is 6.61 Å². The zero-order valence-electron chi connectivity index (χ0n) is 20.8. The molecule has 2 atom stereocenters. The van der Waals surface area contributed by atoms with Crippen LogP contribution < -0.4 is 5.48 Å². The zero-order chi connectivity index (χ0) is 26.1. The predicted molar refractivity (Wildman–Crippen MR) is 135 cm³/mol. The lowest BCUT2D eigenvalue weighted by atomic mass is 9.84. The van der Waals surface area contributed by atoms with Crippen molar-refractivity contribution in [3.05, 3.63) is 71.3 Å². The molecule has 2 aliphatic heterocycles. The lowest BCUT2D eigenvalue weighted by Gasteiger charge is -2.42. The van der Waals surface area contributed by atoms with Crippen molar-refractivity contribution in [2.75, 3.05) is 26.2 Å². The average molecular weight is 511 g/mol. The van der Waals surface area contributed by atoms with E-state index in [4.69, 9.17) is 19.8 Å². The van der Waals surface area contributed by atoms with Crippen LogP contribution in [0.25, 0.3) is 0 Å². The molecular weight excluding hydrogens is 476 g/mol. The predicted octanol–water partition coefficient (Wildman–Crippen LogP) is 3.58. The van der Waals surface area contributed by atoms with Crippen molar-refractivity contribution in [3.63, 3.8) is 0 Å². The SMILES string of the molecule is O=C(O)COC1(CC2CC(c3ccc(CN=NCc4ccccc4)cc3)NO2)CCN(CC(=O)O)CC1. The van der Waals surface area contributed by atoms with Gasteiger partial charge >= 0.3 is 11.9 Å². The van der Waals surface area contributed by atoms with Crippen molar-refractivity contribution in [2.45, 2.75) is 56.5 Å². The molecule has 0 saturated carbocycles. The van der Waals surface area contributed by atoms with E-state index in [0.717, 1.165) is 23.1 Å². The Labute approximate surface area is 216 Å². The number of hydroxylamine groups is 1.